The van der Waals surface area contributed by atoms with E-state index in [-0.39, 0.29) is 24.4 Å². The minimum atomic E-state index is -0.233. The summed E-state index contributed by atoms with van der Waals surface area (Å²) in [6.45, 7) is 1.99. The maximum atomic E-state index is 12.3. The molecule has 6 heteroatoms. The molecular weight excluding hydrogens is 292 g/mol. The van der Waals surface area contributed by atoms with Gasteiger partial charge in [-0.1, -0.05) is 30.3 Å². The van der Waals surface area contributed by atoms with Crippen LogP contribution in [-0.2, 0) is 20.8 Å². The van der Waals surface area contributed by atoms with Gasteiger partial charge in [0.25, 0.3) is 0 Å². The second kappa shape index (κ2) is 11.5. The summed E-state index contributed by atoms with van der Waals surface area (Å²) >= 11 is 0. The number of benzene rings is 1. The number of carbonyl (C=O) groups is 1. The van der Waals surface area contributed by atoms with Crippen molar-refractivity contribution in [1.29, 1.82) is 0 Å². The number of carbonyl (C=O) groups excluding carboxylic acids is 1. The van der Waals surface area contributed by atoms with E-state index < -0.39 is 0 Å². The summed E-state index contributed by atoms with van der Waals surface area (Å²) in [6.07, 6.45) is 0.0621. The summed E-state index contributed by atoms with van der Waals surface area (Å²) in [5.74, 6) is 0.0307. The van der Waals surface area contributed by atoms with Gasteiger partial charge in [0.1, 0.15) is 0 Å². The first-order valence-electron chi connectivity index (χ1n) is 6.74. The maximum Gasteiger partial charge on any atom is 0.225 e. The van der Waals surface area contributed by atoms with Crippen LogP contribution in [0.5, 0.6) is 0 Å². The van der Waals surface area contributed by atoms with Crippen molar-refractivity contribution in [3.63, 3.8) is 0 Å². The highest BCUT2D eigenvalue weighted by molar-refractivity contribution is 5.85. The summed E-state index contributed by atoms with van der Waals surface area (Å²) in [6, 6.07) is 9.89. The van der Waals surface area contributed by atoms with Crippen molar-refractivity contribution in [2.24, 2.45) is 5.73 Å². The quantitative estimate of drug-likeness (QED) is 0.749. The number of rotatable bonds is 9. The van der Waals surface area contributed by atoms with Crippen LogP contribution < -0.4 is 5.73 Å². The molecule has 1 unspecified atom stereocenters. The van der Waals surface area contributed by atoms with E-state index in [0.29, 0.717) is 32.7 Å². The number of halogens is 1. The van der Waals surface area contributed by atoms with Gasteiger partial charge in [-0.05, 0) is 5.56 Å². The van der Waals surface area contributed by atoms with Gasteiger partial charge in [0.15, 0.2) is 0 Å². The summed E-state index contributed by atoms with van der Waals surface area (Å²) in [5, 5.41) is 0. The van der Waals surface area contributed by atoms with Crippen molar-refractivity contribution >= 4 is 18.3 Å². The van der Waals surface area contributed by atoms with Crippen LogP contribution in [0.25, 0.3) is 0 Å². The zero-order chi connectivity index (χ0) is 14.8. The zero-order valence-electron chi connectivity index (χ0n) is 12.7. The van der Waals surface area contributed by atoms with E-state index in [1.54, 1.807) is 19.1 Å². The van der Waals surface area contributed by atoms with E-state index in [1.165, 1.54) is 0 Å². The maximum absolute atomic E-state index is 12.3. The minimum absolute atomic E-state index is 0. The molecule has 1 rings (SSSR count). The molecule has 1 atom stereocenters. The molecule has 0 saturated carbocycles. The first-order chi connectivity index (χ1) is 9.71. The van der Waals surface area contributed by atoms with Crippen LogP contribution in [-0.4, -0.2) is 50.8 Å². The Hall–Kier alpha value is -1.14. The van der Waals surface area contributed by atoms with Crippen molar-refractivity contribution in [2.75, 3.05) is 33.9 Å². The largest absolute Gasteiger partial charge is 0.383 e. The lowest BCUT2D eigenvalue weighted by molar-refractivity contribution is -0.134. The Morgan fingerprint density at radius 2 is 1.95 bits per heavy atom. The summed E-state index contributed by atoms with van der Waals surface area (Å²) in [7, 11) is 3.20. The van der Waals surface area contributed by atoms with Gasteiger partial charge in [0, 0.05) is 33.9 Å². The van der Waals surface area contributed by atoms with Gasteiger partial charge in [-0.25, -0.2) is 0 Å². The third-order valence-electron chi connectivity index (χ3n) is 3.13. The Bertz CT molecular complexity index is 386. The summed E-state index contributed by atoms with van der Waals surface area (Å²) in [4.78, 5) is 14.1. The van der Waals surface area contributed by atoms with Crippen molar-refractivity contribution in [3.8, 4) is 0 Å². The highest BCUT2D eigenvalue weighted by Gasteiger charge is 2.18. The van der Waals surface area contributed by atoms with Crippen LogP contribution in [0.1, 0.15) is 12.0 Å². The summed E-state index contributed by atoms with van der Waals surface area (Å²) in [5.41, 5.74) is 6.66. The van der Waals surface area contributed by atoms with Crippen molar-refractivity contribution < 1.29 is 14.3 Å². The van der Waals surface area contributed by atoms with Gasteiger partial charge >= 0.3 is 0 Å². The van der Waals surface area contributed by atoms with E-state index >= 15 is 0 Å². The standard InChI is InChI=1S/C15H24N2O3.ClH/c1-19-9-8-17(12-13-6-4-3-5-7-13)15(18)10-14(11-16)20-2;/h3-7,14H,8-12,16H2,1-2H3;1H. The van der Waals surface area contributed by atoms with Crippen LogP contribution in [0, 0.1) is 0 Å². The highest BCUT2D eigenvalue weighted by atomic mass is 35.5. The van der Waals surface area contributed by atoms with Gasteiger partial charge in [-0.15, -0.1) is 12.4 Å². The molecule has 120 valence electrons. The second-order valence-electron chi connectivity index (χ2n) is 4.59. The number of hydrogen-bond donors (Lipinski definition) is 1. The number of hydrogen-bond acceptors (Lipinski definition) is 4. The Morgan fingerprint density at radius 3 is 2.48 bits per heavy atom. The molecule has 0 bridgehead atoms. The molecular formula is C15H25ClN2O3. The molecule has 1 aromatic rings. The first-order valence-corrected chi connectivity index (χ1v) is 6.74. The molecule has 0 aliphatic carbocycles. The predicted molar refractivity (Wildman–Crippen MR) is 85.5 cm³/mol. The van der Waals surface area contributed by atoms with E-state index in [4.69, 9.17) is 15.2 Å². The molecule has 1 amide bonds. The average molecular weight is 317 g/mol. The lowest BCUT2D eigenvalue weighted by atomic mass is 10.2. The Kier molecular flexibility index (Phi) is 10.9. The Morgan fingerprint density at radius 1 is 1.29 bits per heavy atom. The van der Waals surface area contributed by atoms with Gasteiger partial charge in [0.2, 0.25) is 5.91 Å². The minimum Gasteiger partial charge on any atom is -0.383 e. The number of nitrogens with two attached hydrogens (primary N) is 1. The van der Waals surface area contributed by atoms with E-state index in [1.807, 2.05) is 30.3 Å². The molecule has 0 spiro atoms. The number of nitrogens with zero attached hydrogens (tertiary/aromatic N) is 1. The number of amides is 1. The average Bonchev–Trinajstić information content (AvgIpc) is 2.49. The molecule has 1 aromatic carbocycles. The molecule has 21 heavy (non-hydrogen) atoms. The molecule has 0 radical (unpaired) electrons. The van der Waals surface area contributed by atoms with E-state index in [9.17, 15) is 4.79 Å². The van der Waals surface area contributed by atoms with Crippen LogP contribution in [0.4, 0.5) is 0 Å². The molecule has 2 N–H and O–H groups in total. The predicted octanol–water partition coefficient (Wildman–Crippen LogP) is 1.45. The molecule has 0 saturated heterocycles. The fraction of sp³-hybridized carbons (Fsp3) is 0.533. The number of ether oxygens (including phenoxy) is 2. The van der Waals surface area contributed by atoms with Crippen molar-refractivity contribution in [2.45, 2.75) is 19.1 Å². The second-order valence-corrected chi connectivity index (χ2v) is 4.59. The fourth-order valence-electron chi connectivity index (χ4n) is 1.88. The highest BCUT2D eigenvalue weighted by Crippen LogP contribution is 2.08. The Balaban J connectivity index is 0.00000400. The SMILES string of the molecule is COCCN(Cc1ccccc1)C(=O)CC(CN)OC.Cl. The molecule has 5 nitrogen and oxygen atoms in total. The van der Waals surface area contributed by atoms with Crippen LogP contribution in [0.3, 0.4) is 0 Å². The molecule has 0 fully saturated rings. The number of methoxy groups -OCH3 is 2. The normalized spacial score (nSPS) is 11.6. The zero-order valence-corrected chi connectivity index (χ0v) is 13.5. The molecule has 0 aromatic heterocycles. The molecule has 0 aliphatic rings. The van der Waals surface area contributed by atoms with Gasteiger partial charge in [-0.2, -0.15) is 0 Å². The van der Waals surface area contributed by atoms with Crippen molar-refractivity contribution in [1.82, 2.24) is 4.90 Å². The monoisotopic (exact) mass is 316 g/mol. The van der Waals surface area contributed by atoms with Crippen LogP contribution in [0.15, 0.2) is 30.3 Å². The van der Waals surface area contributed by atoms with E-state index in [0.717, 1.165) is 5.56 Å². The lowest BCUT2D eigenvalue weighted by Crippen LogP contribution is -2.37. The first kappa shape index (κ1) is 19.9. The topological polar surface area (TPSA) is 64.8 Å². The third-order valence-corrected chi connectivity index (χ3v) is 3.13. The lowest BCUT2D eigenvalue weighted by Gasteiger charge is -2.24. The fourth-order valence-corrected chi connectivity index (χ4v) is 1.88. The van der Waals surface area contributed by atoms with Crippen LogP contribution >= 0.6 is 12.4 Å². The molecule has 0 aliphatic heterocycles. The van der Waals surface area contributed by atoms with E-state index in [2.05, 4.69) is 0 Å². The van der Waals surface area contributed by atoms with Gasteiger partial charge in [0.05, 0.1) is 19.1 Å². The Labute approximate surface area is 132 Å². The third kappa shape index (κ3) is 7.43. The van der Waals surface area contributed by atoms with Gasteiger partial charge in [-0.3, -0.25) is 4.79 Å². The summed E-state index contributed by atoms with van der Waals surface area (Å²) < 4.78 is 10.2. The van der Waals surface area contributed by atoms with Crippen LogP contribution in [0.2, 0.25) is 0 Å². The molecule has 0 heterocycles. The van der Waals surface area contributed by atoms with Crippen molar-refractivity contribution in [3.05, 3.63) is 35.9 Å². The smallest absolute Gasteiger partial charge is 0.225 e. The van der Waals surface area contributed by atoms with Gasteiger partial charge < -0.3 is 20.1 Å².